The molecule has 2 aromatic rings. The second-order valence-electron chi connectivity index (χ2n) is 5.33. The van der Waals surface area contributed by atoms with E-state index in [2.05, 4.69) is 10.3 Å². The third kappa shape index (κ3) is 3.85. The third-order valence-corrected chi connectivity index (χ3v) is 4.32. The molecule has 1 N–H and O–H groups in total. The summed E-state index contributed by atoms with van der Waals surface area (Å²) in [6, 6.07) is 7.11. The van der Waals surface area contributed by atoms with E-state index in [-0.39, 0.29) is 6.10 Å². The van der Waals surface area contributed by atoms with Crippen LogP contribution in [0, 0.1) is 5.92 Å². The van der Waals surface area contributed by atoms with Crippen LogP contribution in [0.1, 0.15) is 18.1 Å². The Morgan fingerprint density at radius 2 is 1.82 bits per heavy atom. The number of ether oxygens (including phenoxy) is 1. The van der Waals surface area contributed by atoms with E-state index in [1.54, 1.807) is 30.6 Å². The van der Waals surface area contributed by atoms with Gasteiger partial charge in [-0.05, 0) is 37.2 Å². The minimum atomic E-state index is -0.143. The van der Waals surface area contributed by atoms with E-state index in [0.717, 1.165) is 25.1 Å². The van der Waals surface area contributed by atoms with Crippen molar-refractivity contribution in [2.45, 2.75) is 12.5 Å². The van der Waals surface area contributed by atoms with Gasteiger partial charge in [-0.2, -0.15) is 0 Å². The van der Waals surface area contributed by atoms with Gasteiger partial charge < -0.3 is 10.1 Å². The lowest BCUT2D eigenvalue weighted by Gasteiger charge is -2.25. The van der Waals surface area contributed by atoms with E-state index in [9.17, 15) is 0 Å². The molecule has 0 aliphatic carbocycles. The molecule has 22 heavy (non-hydrogen) atoms. The van der Waals surface area contributed by atoms with Crippen molar-refractivity contribution in [2.75, 3.05) is 13.1 Å². The molecule has 116 valence electrons. The average Bonchev–Trinajstić information content (AvgIpc) is 2.97. The molecule has 1 saturated heterocycles. The van der Waals surface area contributed by atoms with Crippen molar-refractivity contribution in [3.63, 3.8) is 0 Å². The summed E-state index contributed by atoms with van der Waals surface area (Å²) in [6.07, 6.45) is 4.30. The molecule has 1 aliphatic rings. The summed E-state index contributed by atoms with van der Waals surface area (Å²) in [5.74, 6) is 0.993. The molecule has 3 nitrogen and oxygen atoms in total. The summed E-state index contributed by atoms with van der Waals surface area (Å²) in [5.41, 5.74) is 0.956. The zero-order valence-electron chi connectivity index (χ0n) is 11.7. The first-order valence-electron chi connectivity index (χ1n) is 7.06. The highest BCUT2D eigenvalue weighted by Crippen LogP contribution is 2.34. The number of aromatic nitrogens is 1. The Kier molecular flexibility index (Phi) is 5.09. The van der Waals surface area contributed by atoms with Crippen LogP contribution in [-0.2, 0) is 0 Å². The number of halogens is 3. The quantitative estimate of drug-likeness (QED) is 0.855. The predicted molar refractivity (Wildman–Crippen MR) is 90.1 cm³/mol. The zero-order chi connectivity index (χ0) is 15.5. The van der Waals surface area contributed by atoms with E-state index in [1.165, 1.54) is 0 Å². The fourth-order valence-corrected chi connectivity index (χ4v) is 3.39. The van der Waals surface area contributed by atoms with Crippen LogP contribution in [0.4, 0.5) is 0 Å². The smallest absolute Gasteiger partial charge is 0.129 e. The van der Waals surface area contributed by atoms with Crippen molar-refractivity contribution in [3.8, 4) is 5.75 Å². The minimum Gasteiger partial charge on any atom is -0.485 e. The van der Waals surface area contributed by atoms with Crippen LogP contribution in [-0.4, -0.2) is 18.1 Å². The molecule has 6 heteroatoms. The summed E-state index contributed by atoms with van der Waals surface area (Å²) in [7, 11) is 0. The maximum absolute atomic E-state index is 6.19. The van der Waals surface area contributed by atoms with Gasteiger partial charge in [-0.25, -0.2) is 0 Å². The molecule has 3 rings (SSSR count). The molecule has 0 saturated carbocycles. The van der Waals surface area contributed by atoms with Crippen molar-refractivity contribution in [1.82, 2.24) is 10.3 Å². The first-order valence-corrected chi connectivity index (χ1v) is 8.19. The number of pyridine rings is 1. The van der Waals surface area contributed by atoms with Crippen LogP contribution >= 0.6 is 34.8 Å². The van der Waals surface area contributed by atoms with Gasteiger partial charge in [0.05, 0.1) is 5.02 Å². The molecule has 2 heterocycles. The van der Waals surface area contributed by atoms with Gasteiger partial charge in [-0.3, -0.25) is 4.98 Å². The molecule has 1 aromatic carbocycles. The molecule has 0 bridgehead atoms. The van der Waals surface area contributed by atoms with Crippen LogP contribution in [0.2, 0.25) is 15.1 Å². The van der Waals surface area contributed by atoms with Crippen molar-refractivity contribution in [2.24, 2.45) is 5.92 Å². The average molecular weight is 358 g/mol. The largest absolute Gasteiger partial charge is 0.485 e. The summed E-state index contributed by atoms with van der Waals surface area (Å²) in [5, 5.41) is 5.06. The summed E-state index contributed by atoms with van der Waals surface area (Å²) in [4.78, 5) is 4.17. The number of nitrogens with one attached hydrogen (secondary N) is 1. The van der Waals surface area contributed by atoms with Gasteiger partial charge in [0, 0.05) is 40.5 Å². The van der Waals surface area contributed by atoms with Crippen LogP contribution in [0.25, 0.3) is 0 Å². The van der Waals surface area contributed by atoms with Crippen LogP contribution < -0.4 is 10.1 Å². The lowest BCUT2D eigenvalue weighted by atomic mass is 9.96. The SMILES string of the molecule is Clc1cc(Cl)cc(O[C@H](c2cncc(Cl)c2)[C@@H]2CCNC2)c1. The van der Waals surface area contributed by atoms with E-state index in [4.69, 9.17) is 39.5 Å². The van der Waals surface area contributed by atoms with Gasteiger partial charge in [0.15, 0.2) is 0 Å². The Bertz CT molecular complexity index is 639. The van der Waals surface area contributed by atoms with Gasteiger partial charge in [0.2, 0.25) is 0 Å². The first-order chi connectivity index (χ1) is 10.6. The molecular weight excluding hydrogens is 343 g/mol. The lowest BCUT2D eigenvalue weighted by Crippen LogP contribution is -2.21. The molecule has 1 aromatic heterocycles. The fraction of sp³-hybridized carbons (Fsp3) is 0.312. The Labute approximate surface area is 144 Å². The Morgan fingerprint density at radius 3 is 2.45 bits per heavy atom. The topological polar surface area (TPSA) is 34.1 Å². The van der Waals surface area contributed by atoms with Crippen LogP contribution in [0.5, 0.6) is 5.75 Å². The standard InChI is InChI=1S/C16H15Cl3N2O/c17-12-4-13(18)6-15(5-12)22-16(10-1-2-20-7-10)11-3-14(19)9-21-8-11/h3-6,8-10,16,20H,1-2,7H2/t10-,16+/m1/s1. The van der Waals surface area contributed by atoms with E-state index >= 15 is 0 Å². The normalized spacial score (nSPS) is 19.1. The minimum absolute atomic E-state index is 0.143. The molecule has 0 unspecified atom stereocenters. The Hall–Kier alpha value is -1.00. The number of hydrogen-bond acceptors (Lipinski definition) is 3. The van der Waals surface area contributed by atoms with Gasteiger partial charge in [0.1, 0.15) is 11.9 Å². The second-order valence-corrected chi connectivity index (χ2v) is 6.64. The third-order valence-electron chi connectivity index (χ3n) is 3.68. The van der Waals surface area contributed by atoms with Crippen LogP contribution in [0.3, 0.4) is 0 Å². The van der Waals surface area contributed by atoms with Crippen molar-refractivity contribution in [1.29, 1.82) is 0 Å². The van der Waals surface area contributed by atoms with Gasteiger partial charge >= 0.3 is 0 Å². The Morgan fingerprint density at radius 1 is 1.05 bits per heavy atom. The maximum Gasteiger partial charge on any atom is 0.129 e. The van der Waals surface area contributed by atoms with Gasteiger partial charge in [0.25, 0.3) is 0 Å². The maximum atomic E-state index is 6.19. The number of hydrogen-bond donors (Lipinski definition) is 1. The number of nitrogens with zero attached hydrogens (tertiary/aromatic N) is 1. The number of benzene rings is 1. The second kappa shape index (κ2) is 7.05. The molecule has 1 fully saturated rings. The van der Waals surface area contributed by atoms with Crippen molar-refractivity contribution < 1.29 is 4.74 Å². The Balaban J connectivity index is 1.91. The van der Waals surface area contributed by atoms with Gasteiger partial charge in [-0.1, -0.05) is 34.8 Å². The molecule has 0 radical (unpaired) electrons. The monoisotopic (exact) mass is 356 g/mol. The summed E-state index contributed by atoms with van der Waals surface area (Å²) >= 11 is 18.2. The number of rotatable bonds is 4. The van der Waals surface area contributed by atoms with Crippen LogP contribution in [0.15, 0.2) is 36.7 Å². The van der Waals surface area contributed by atoms with E-state index in [0.29, 0.717) is 26.7 Å². The summed E-state index contributed by atoms with van der Waals surface area (Å²) in [6.45, 7) is 1.88. The molecule has 1 aliphatic heterocycles. The van der Waals surface area contributed by atoms with Gasteiger partial charge in [-0.15, -0.1) is 0 Å². The molecule has 0 spiro atoms. The molecule has 2 atom stereocenters. The highest BCUT2D eigenvalue weighted by molar-refractivity contribution is 6.34. The lowest BCUT2D eigenvalue weighted by molar-refractivity contribution is 0.144. The zero-order valence-corrected chi connectivity index (χ0v) is 14.0. The first kappa shape index (κ1) is 15.9. The highest BCUT2D eigenvalue weighted by atomic mass is 35.5. The van der Waals surface area contributed by atoms with Crippen molar-refractivity contribution in [3.05, 3.63) is 57.3 Å². The summed E-state index contributed by atoms with van der Waals surface area (Å²) < 4.78 is 6.19. The van der Waals surface area contributed by atoms with E-state index in [1.807, 2.05) is 6.07 Å². The predicted octanol–water partition coefficient (Wildman–Crippen LogP) is 4.77. The fourth-order valence-electron chi connectivity index (χ4n) is 2.70. The highest BCUT2D eigenvalue weighted by Gasteiger charge is 2.28. The molecular formula is C16H15Cl3N2O. The molecule has 0 amide bonds. The van der Waals surface area contributed by atoms with E-state index < -0.39 is 0 Å². The van der Waals surface area contributed by atoms with Crippen molar-refractivity contribution >= 4 is 34.8 Å².